The van der Waals surface area contributed by atoms with Crippen molar-refractivity contribution in [1.29, 1.82) is 0 Å². The molecule has 1 aromatic rings. The Kier molecular flexibility index (Phi) is 2.74. The molecule has 0 amide bonds. The summed E-state index contributed by atoms with van der Waals surface area (Å²) in [5.74, 6) is -2.99. The van der Waals surface area contributed by atoms with Crippen LogP contribution >= 0.6 is 0 Å². The van der Waals surface area contributed by atoms with Gasteiger partial charge in [-0.1, -0.05) is 0 Å². The topological polar surface area (TPSA) is 55.8 Å². The van der Waals surface area contributed by atoms with Gasteiger partial charge < -0.3 is 14.6 Å². The molecule has 1 N–H and O–H groups in total. The fourth-order valence-corrected chi connectivity index (χ4v) is 1.62. The van der Waals surface area contributed by atoms with Crippen molar-refractivity contribution in [1.82, 2.24) is 0 Å². The van der Waals surface area contributed by atoms with Crippen LogP contribution in [0.3, 0.4) is 0 Å². The summed E-state index contributed by atoms with van der Waals surface area (Å²) in [7, 11) is 1.42. The summed E-state index contributed by atoms with van der Waals surface area (Å²) in [6.07, 6.45) is -3.92. The second-order valence-corrected chi connectivity index (χ2v) is 3.71. The molecule has 6 heteroatoms. The first-order valence-corrected chi connectivity index (χ1v) is 4.87. The molecule has 0 bridgehead atoms. The van der Waals surface area contributed by atoms with E-state index in [-0.39, 0.29) is 11.3 Å². The van der Waals surface area contributed by atoms with Gasteiger partial charge in [0.15, 0.2) is 5.78 Å². The monoisotopic (exact) mass is 244 g/mol. The van der Waals surface area contributed by atoms with Crippen molar-refractivity contribution in [2.75, 3.05) is 7.11 Å². The Morgan fingerprint density at radius 2 is 2.24 bits per heavy atom. The molecule has 0 aliphatic carbocycles. The lowest BCUT2D eigenvalue weighted by atomic mass is 9.98. The molecule has 0 aromatic heterocycles. The van der Waals surface area contributed by atoms with E-state index < -0.39 is 24.4 Å². The summed E-state index contributed by atoms with van der Waals surface area (Å²) in [4.78, 5) is 11.6. The molecule has 1 aliphatic rings. The molecule has 2 rings (SSSR count). The van der Waals surface area contributed by atoms with Crippen LogP contribution < -0.4 is 9.47 Å². The molecule has 1 aromatic carbocycles. The van der Waals surface area contributed by atoms with Gasteiger partial charge in [0.25, 0.3) is 5.79 Å². The predicted molar refractivity (Wildman–Crippen MR) is 53.5 cm³/mol. The van der Waals surface area contributed by atoms with E-state index in [1.54, 1.807) is 0 Å². The lowest BCUT2D eigenvalue weighted by molar-refractivity contribution is -0.220. The normalized spacial score (nSPS) is 23.2. The highest BCUT2D eigenvalue weighted by atomic mass is 19.3. The highest BCUT2D eigenvalue weighted by Crippen LogP contribution is 2.36. The number of hydrogen-bond acceptors (Lipinski definition) is 4. The standard InChI is InChI=1S/C11H10F2O4/c1-16-6-2-3-9-7(4-6)8(14)5-11(15,17-9)10(12)13/h2-4,10,15H,5H2,1H3/t11-/m1/s1. The van der Waals surface area contributed by atoms with Crippen LogP contribution in [0, 0.1) is 0 Å². The second-order valence-electron chi connectivity index (χ2n) is 3.71. The van der Waals surface area contributed by atoms with Gasteiger partial charge in [0.05, 0.1) is 19.1 Å². The van der Waals surface area contributed by atoms with E-state index in [1.165, 1.54) is 25.3 Å². The summed E-state index contributed by atoms with van der Waals surface area (Å²) in [5.41, 5.74) is 0.134. The Bertz CT molecular complexity index is 461. The van der Waals surface area contributed by atoms with Gasteiger partial charge in [0.2, 0.25) is 0 Å². The maximum absolute atomic E-state index is 12.6. The number of carbonyl (C=O) groups is 1. The molecule has 1 heterocycles. The number of rotatable bonds is 2. The molecule has 0 saturated carbocycles. The molecule has 0 spiro atoms. The van der Waals surface area contributed by atoms with Crippen LogP contribution in [0.15, 0.2) is 18.2 Å². The Labute approximate surface area is 95.8 Å². The van der Waals surface area contributed by atoms with Crippen LogP contribution in [-0.2, 0) is 0 Å². The lowest BCUT2D eigenvalue weighted by Gasteiger charge is -2.32. The number of aliphatic hydroxyl groups is 1. The van der Waals surface area contributed by atoms with E-state index in [0.29, 0.717) is 5.75 Å². The maximum atomic E-state index is 12.6. The summed E-state index contributed by atoms with van der Waals surface area (Å²) >= 11 is 0. The highest BCUT2D eigenvalue weighted by molar-refractivity contribution is 6.00. The number of benzene rings is 1. The third kappa shape index (κ3) is 1.95. The van der Waals surface area contributed by atoms with Crippen LogP contribution in [0.4, 0.5) is 8.78 Å². The molecule has 1 aliphatic heterocycles. The first-order valence-electron chi connectivity index (χ1n) is 4.87. The Morgan fingerprint density at radius 3 is 2.82 bits per heavy atom. The van der Waals surface area contributed by atoms with Gasteiger partial charge >= 0.3 is 6.43 Å². The van der Waals surface area contributed by atoms with Crippen molar-refractivity contribution in [3.8, 4) is 11.5 Å². The number of ether oxygens (including phenoxy) is 2. The molecule has 0 radical (unpaired) electrons. The van der Waals surface area contributed by atoms with Crippen molar-refractivity contribution in [2.45, 2.75) is 18.6 Å². The number of fused-ring (bicyclic) bond motifs is 1. The van der Waals surface area contributed by atoms with Crippen LogP contribution in [0.1, 0.15) is 16.8 Å². The molecule has 92 valence electrons. The number of halogens is 2. The van der Waals surface area contributed by atoms with Crippen molar-refractivity contribution < 1.29 is 28.2 Å². The van der Waals surface area contributed by atoms with Gasteiger partial charge in [0, 0.05) is 0 Å². The molecule has 0 unspecified atom stereocenters. The fourth-order valence-electron chi connectivity index (χ4n) is 1.62. The van der Waals surface area contributed by atoms with Crippen LogP contribution in [0.2, 0.25) is 0 Å². The molecular weight excluding hydrogens is 234 g/mol. The summed E-state index contributed by atoms with van der Waals surface area (Å²) in [6, 6.07) is 4.17. The SMILES string of the molecule is COc1ccc2c(c1)C(=O)C[C@](O)(C(F)F)O2. The number of alkyl halides is 2. The molecule has 1 atom stereocenters. The zero-order valence-corrected chi connectivity index (χ0v) is 8.94. The average molecular weight is 244 g/mol. The van der Waals surface area contributed by atoms with Gasteiger partial charge in [-0.3, -0.25) is 4.79 Å². The van der Waals surface area contributed by atoms with Gasteiger partial charge in [-0.2, -0.15) is 0 Å². The summed E-state index contributed by atoms with van der Waals surface area (Å²) in [5, 5.41) is 9.47. The van der Waals surface area contributed by atoms with Gasteiger partial charge in [-0.15, -0.1) is 0 Å². The second kappa shape index (κ2) is 3.96. The Balaban J connectivity index is 2.42. The van der Waals surface area contributed by atoms with Gasteiger partial charge in [0.1, 0.15) is 11.5 Å². The first kappa shape index (κ1) is 11.8. The van der Waals surface area contributed by atoms with Crippen molar-refractivity contribution >= 4 is 5.78 Å². The Hall–Kier alpha value is -1.69. The van der Waals surface area contributed by atoms with E-state index in [9.17, 15) is 18.7 Å². The fraction of sp³-hybridized carbons (Fsp3) is 0.364. The maximum Gasteiger partial charge on any atom is 0.302 e. The third-order valence-electron chi connectivity index (χ3n) is 2.53. The van der Waals surface area contributed by atoms with Gasteiger partial charge in [-0.05, 0) is 18.2 Å². The quantitative estimate of drug-likeness (QED) is 0.858. The number of ketones is 1. The van der Waals surface area contributed by atoms with Crippen LogP contribution in [0.25, 0.3) is 0 Å². The van der Waals surface area contributed by atoms with Crippen LogP contribution in [-0.4, -0.2) is 30.2 Å². The van der Waals surface area contributed by atoms with Crippen molar-refractivity contribution in [3.05, 3.63) is 23.8 Å². The van der Waals surface area contributed by atoms with E-state index >= 15 is 0 Å². The van der Waals surface area contributed by atoms with Crippen LogP contribution in [0.5, 0.6) is 11.5 Å². The minimum atomic E-state index is -3.15. The van der Waals surface area contributed by atoms with Gasteiger partial charge in [-0.25, -0.2) is 8.78 Å². The molecular formula is C11H10F2O4. The van der Waals surface area contributed by atoms with E-state index in [2.05, 4.69) is 0 Å². The zero-order chi connectivity index (χ0) is 12.6. The molecule has 0 saturated heterocycles. The van der Waals surface area contributed by atoms with E-state index in [4.69, 9.17) is 9.47 Å². The highest BCUT2D eigenvalue weighted by Gasteiger charge is 2.46. The number of methoxy groups -OCH3 is 1. The summed E-state index contributed by atoms with van der Waals surface area (Å²) in [6.45, 7) is 0. The van der Waals surface area contributed by atoms with E-state index in [0.717, 1.165) is 0 Å². The molecule has 4 nitrogen and oxygen atoms in total. The zero-order valence-electron chi connectivity index (χ0n) is 8.94. The minimum absolute atomic E-state index is 0.0650. The number of hydrogen-bond donors (Lipinski definition) is 1. The largest absolute Gasteiger partial charge is 0.497 e. The van der Waals surface area contributed by atoms with Crippen molar-refractivity contribution in [2.24, 2.45) is 0 Å². The lowest BCUT2D eigenvalue weighted by Crippen LogP contribution is -2.48. The van der Waals surface area contributed by atoms with E-state index in [1.807, 2.05) is 0 Å². The minimum Gasteiger partial charge on any atom is -0.497 e. The Morgan fingerprint density at radius 1 is 1.53 bits per heavy atom. The molecule has 17 heavy (non-hydrogen) atoms. The first-order chi connectivity index (χ1) is 7.96. The molecule has 0 fully saturated rings. The summed E-state index contributed by atoms with van der Waals surface area (Å²) < 4.78 is 34.8. The average Bonchev–Trinajstić information content (AvgIpc) is 2.28. The smallest absolute Gasteiger partial charge is 0.302 e. The predicted octanol–water partition coefficient (Wildman–Crippen LogP) is 1.61. The number of carbonyl (C=O) groups excluding carboxylic acids is 1. The van der Waals surface area contributed by atoms with Crippen molar-refractivity contribution in [3.63, 3.8) is 0 Å². The number of Topliss-reactive ketones (excluding diaryl/α,β-unsaturated/α-hetero) is 1. The third-order valence-corrected chi connectivity index (χ3v) is 2.53.